The van der Waals surface area contributed by atoms with Crippen molar-refractivity contribution in [3.05, 3.63) is 58.0 Å². The van der Waals surface area contributed by atoms with Crippen molar-refractivity contribution in [2.45, 2.75) is 33.4 Å². The van der Waals surface area contributed by atoms with E-state index < -0.39 is 0 Å². The van der Waals surface area contributed by atoms with E-state index in [0.717, 1.165) is 38.3 Å². The fraction of sp³-hybridized carbons (Fsp3) is 0.474. The van der Waals surface area contributed by atoms with Crippen molar-refractivity contribution in [1.82, 2.24) is 24.3 Å². The molecule has 2 aromatic rings. The molecule has 7 heteroatoms. The fourth-order valence-electron chi connectivity index (χ4n) is 3.33. The summed E-state index contributed by atoms with van der Waals surface area (Å²) in [6.07, 6.45) is 4.54. The van der Waals surface area contributed by atoms with Crippen molar-refractivity contribution in [3.63, 3.8) is 0 Å². The number of amides is 1. The third-order valence-electron chi connectivity index (χ3n) is 4.74. The summed E-state index contributed by atoms with van der Waals surface area (Å²) in [6.45, 7) is 7.73. The van der Waals surface area contributed by atoms with Gasteiger partial charge in [-0.1, -0.05) is 0 Å². The molecule has 0 atom stereocenters. The number of rotatable bonds is 4. The number of aryl methyl sites for hydroxylation is 2. The number of hydrogen-bond donors (Lipinski definition) is 0. The van der Waals surface area contributed by atoms with Crippen LogP contribution < -0.4 is 5.69 Å². The molecule has 0 spiro atoms. The summed E-state index contributed by atoms with van der Waals surface area (Å²) in [6, 6.07) is 5.87. The number of hydrogen-bond acceptors (Lipinski definition) is 5. The molecular formula is C19H25N5O2. The average molecular weight is 355 g/mol. The van der Waals surface area contributed by atoms with Gasteiger partial charge in [0.1, 0.15) is 6.54 Å². The lowest BCUT2D eigenvalue weighted by molar-refractivity contribution is -0.131. The van der Waals surface area contributed by atoms with Crippen LogP contribution in [-0.4, -0.2) is 56.4 Å². The molecule has 3 rings (SSSR count). The smallest absolute Gasteiger partial charge is 0.340 e. The van der Waals surface area contributed by atoms with E-state index in [1.54, 1.807) is 19.3 Å². The first kappa shape index (κ1) is 18.3. The number of pyridine rings is 1. The molecule has 0 saturated carbocycles. The SMILES string of the molecule is Cc1cc(C)n(CC(=O)N2CCCN(Cc3ccncc3)CC2)c(=O)n1. The van der Waals surface area contributed by atoms with E-state index in [4.69, 9.17) is 0 Å². The third kappa shape index (κ3) is 4.54. The largest absolute Gasteiger partial charge is 0.348 e. The van der Waals surface area contributed by atoms with E-state index in [2.05, 4.69) is 14.9 Å². The summed E-state index contributed by atoms with van der Waals surface area (Å²) in [4.78, 5) is 37.0. The van der Waals surface area contributed by atoms with E-state index >= 15 is 0 Å². The summed E-state index contributed by atoms with van der Waals surface area (Å²) in [5, 5.41) is 0. The average Bonchev–Trinajstić information content (AvgIpc) is 2.84. The van der Waals surface area contributed by atoms with Gasteiger partial charge < -0.3 is 4.90 Å². The maximum absolute atomic E-state index is 12.7. The second-order valence-electron chi connectivity index (χ2n) is 6.77. The molecule has 1 saturated heterocycles. The number of carbonyl (C=O) groups is 1. The van der Waals surface area contributed by atoms with E-state index in [1.165, 1.54) is 10.1 Å². The summed E-state index contributed by atoms with van der Waals surface area (Å²) < 4.78 is 1.45. The first-order chi connectivity index (χ1) is 12.5. The molecule has 0 radical (unpaired) electrons. The quantitative estimate of drug-likeness (QED) is 0.818. The lowest BCUT2D eigenvalue weighted by Gasteiger charge is -2.22. The van der Waals surface area contributed by atoms with Crippen LogP contribution in [0.4, 0.5) is 0 Å². The summed E-state index contributed by atoms with van der Waals surface area (Å²) in [5.41, 5.74) is 2.32. The summed E-state index contributed by atoms with van der Waals surface area (Å²) in [5.74, 6) is -0.0217. The Hall–Kier alpha value is -2.54. The van der Waals surface area contributed by atoms with E-state index in [-0.39, 0.29) is 18.1 Å². The van der Waals surface area contributed by atoms with Gasteiger partial charge in [-0.3, -0.25) is 19.2 Å². The van der Waals surface area contributed by atoms with Gasteiger partial charge in [0.05, 0.1) is 0 Å². The van der Waals surface area contributed by atoms with Gasteiger partial charge in [0, 0.05) is 56.5 Å². The zero-order chi connectivity index (χ0) is 18.5. The van der Waals surface area contributed by atoms with Gasteiger partial charge in [-0.05, 0) is 44.0 Å². The Labute approximate surface area is 153 Å². The predicted molar refractivity (Wildman–Crippen MR) is 98.7 cm³/mol. The van der Waals surface area contributed by atoms with Crippen molar-refractivity contribution >= 4 is 5.91 Å². The minimum Gasteiger partial charge on any atom is -0.340 e. The van der Waals surface area contributed by atoms with Gasteiger partial charge in [0.15, 0.2) is 0 Å². The summed E-state index contributed by atoms with van der Waals surface area (Å²) >= 11 is 0. The zero-order valence-electron chi connectivity index (χ0n) is 15.4. The van der Waals surface area contributed by atoms with Crippen molar-refractivity contribution in [2.75, 3.05) is 26.2 Å². The van der Waals surface area contributed by atoms with Gasteiger partial charge in [-0.25, -0.2) is 4.79 Å². The highest BCUT2D eigenvalue weighted by atomic mass is 16.2. The lowest BCUT2D eigenvalue weighted by Crippen LogP contribution is -2.40. The second-order valence-corrected chi connectivity index (χ2v) is 6.77. The number of aromatic nitrogens is 3. The van der Waals surface area contributed by atoms with Crippen LogP contribution in [0.5, 0.6) is 0 Å². The Bertz CT molecular complexity index is 818. The molecule has 0 N–H and O–H groups in total. The molecule has 0 unspecified atom stereocenters. The number of carbonyl (C=O) groups excluding carboxylic acids is 1. The Kier molecular flexibility index (Phi) is 5.78. The van der Waals surface area contributed by atoms with E-state index in [1.807, 2.05) is 30.0 Å². The van der Waals surface area contributed by atoms with Gasteiger partial charge >= 0.3 is 5.69 Å². The molecular weight excluding hydrogens is 330 g/mol. The molecule has 26 heavy (non-hydrogen) atoms. The topological polar surface area (TPSA) is 71.3 Å². The first-order valence-corrected chi connectivity index (χ1v) is 8.97. The Morgan fingerprint density at radius 3 is 2.62 bits per heavy atom. The highest BCUT2D eigenvalue weighted by Crippen LogP contribution is 2.09. The Morgan fingerprint density at radius 1 is 1.12 bits per heavy atom. The van der Waals surface area contributed by atoms with Crippen LogP contribution in [-0.2, 0) is 17.9 Å². The molecule has 0 aliphatic carbocycles. The van der Waals surface area contributed by atoms with Crippen molar-refractivity contribution in [1.29, 1.82) is 0 Å². The molecule has 1 aliphatic heterocycles. The second kappa shape index (κ2) is 8.23. The molecule has 138 valence electrons. The zero-order valence-corrected chi connectivity index (χ0v) is 15.4. The summed E-state index contributed by atoms with van der Waals surface area (Å²) in [7, 11) is 0. The maximum atomic E-state index is 12.7. The van der Waals surface area contributed by atoms with Gasteiger partial charge in [-0.15, -0.1) is 0 Å². The molecule has 1 fully saturated rings. The van der Waals surface area contributed by atoms with Gasteiger partial charge in [0.2, 0.25) is 5.91 Å². The van der Waals surface area contributed by atoms with Gasteiger partial charge in [0.25, 0.3) is 0 Å². The van der Waals surface area contributed by atoms with E-state index in [9.17, 15) is 9.59 Å². The molecule has 1 aliphatic rings. The van der Waals surface area contributed by atoms with Crippen LogP contribution in [0.1, 0.15) is 23.4 Å². The molecule has 2 aromatic heterocycles. The van der Waals surface area contributed by atoms with Crippen LogP contribution in [0.3, 0.4) is 0 Å². The van der Waals surface area contributed by atoms with Crippen LogP contribution in [0.25, 0.3) is 0 Å². The Balaban J connectivity index is 1.60. The van der Waals surface area contributed by atoms with Crippen LogP contribution in [0.2, 0.25) is 0 Å². The van der Waals surface area contributed by atoms with Crippen LogP contribution >= 0.6 is 0 Å². The fourth-order valence-corrected chi connectivity index (χ4v) is 3.33. The van der Waals surface area contributed by atoms with Crippen molar-refractivity contribution in [2.24, 2.45) is 0 Å². The maximum Gasteiger partial charge on any atom is 0.348 e. The number of nitrogens with zero attached hydrogens (tertiary/aromatic N) is 5. The normalized spacial score (nSPS) is 15.7. The third-order valence-corrected chi connectivity index (χ3v) is 4.74. The predicted octanol–water partition coefficient (Wildman–Crippen LogP) is 0.990. The van der Waals surface area contributed by atoms with Crippen molar-refractivity contribution in [3.8, 4) is 0 Å². The monoisotopic (exact) mass is 355 g/mol. The lowest BCUT2D eigenvalue weighted by atomic mass is 10.2. The first-order valence-electron chi connectivity index (χ1n) is 8.97. The van der Waals surface area contributed by atoms with Gasteiger partial charge in [-0.2, -0.15) is 4.98 Å². The molecule has 7 nitrogen and oxygen atoms in total. The van der Waals surface area contributed by atoms with E-state index in [0.29, 0.717) is 12.2 Å². The molecule has 0 bridgehead atoms. The van der Waals surface area contributed by atoms with Crippen molar-refractivity contribution < 1.29 is 4.79 Å². The minimum atomic E-state index is -0.356. The minimum absolute atomic E-state index is 0.0217. The Morgan fingerprint density at radius 2 is 1.88 bits per heavy atom. The molecule has 3 heterocycles. The molecule has 1 amide bonds. The highest BCUT2D eigenvalue weighted by molar-refractivity contribution is 5.76. The molecule has 0 aromatic carbocycles. The highest BCUT2D eigenvalue weighted by Gasteiger charge is 2.20. The van der Waals surface area contributed by atoms with Crippen LogP contribution in [0, 0.1) is 13.8 Å². The van der Waals surface area contributed by atoms with Crippen LogP contribution in [0.15, 0.2) is 35.4 Å². The standard InChI is InChI=1S/C19H25N5O2/c1-15-12-16(2)24(19(26)21-15)14-18(25)23-9-3-8-22(10-11-23)13-17-4-6-20-7-5-17/h4-7,12H,3,8-11,13-14H2,1-2H3.